The van der Waals surface area contributed by atoms with E-state index in [1.807, 2.05) is 18.2 Å². The Hall–Kier alpha value is -6.66. The van der Waals surface area contributed by atoms with Crippen molar-refractivity contribution >= 4 is 49.6 Å². The van der Waals surface area contributed by atoms with E-state index < -0.39 is 37.1 Å². The van der Waals surface area contributed by atoms with Gasteiger partial charge in [0.1, 0.15) is 28.5 Å². The summed E-state index contributed by atoms with van der Waals surface area (Å²) in [5, 5.41) is 15.9. The molecular formula is C51H53FN8O7S. The molecule has 4 aromatic carbocycles. The number of hydrogen-bond acceptors (Lipinski definition) is 12. The third-order valence-electron chi connectivity index (χ3n) is 13.8. The number of fused-ring (bicyclic) bond motifs is 1. The van der Waals surface area contributed by atoms with Crippen LogP contribution in [0.3, 0.4) is 0 Å². The SMILES string of the molecule is CN1CC=C(c2ccccc2[C@H]2CCCN2c2ccc(-c3ccc(C(=O)NS(=O)(=O)c4ccc(NCC5(F)CCN(C6COC6)CC5)c([N+](=O)[O-])c4)c(Oc4cnc5[nH]ccc5c4)c3)cc2)CC1. The van der Waals surface area contributed by atoms with Gasteiger partial charge in [-0.05, 0) is 116 Å². The highest BCUT2D eigenvalue weighted by Gasteiger charge is 2.39. The number of pyridine rings is 1. The number of nitro benzene ring substituents is 1. The van der Waals surface area contributed by atoms with E-state index in [0.717, 1.165) is 67.7 Å². The minimum absolute atomic E-state index is 0.0362. The molecule has 3 fully saturated rings. The number of nitro groups is 1. The number of aromatic nitrogens is 2. The summed E-state index contributed by atoms with van der Waals surface area (Å²) in [6.07, 6.45) is 9.22. The van der Waals surface area contributed by atoms with Crippen LogP contribution in [-0.4, -0.2) is 110 Å². The minimum atomic E-state index is -4.66. The number of likely N-dealkylation sites (tertiary alicyclic amines) is 1. The van der Waals surface area contributed by atoms with E-state index in [2.05, 4.69) is 84.2 Å². The van der Waals surface area contributed by atoms with Gasteiger partial charge in [0, 0.05) is 62.6 Å². The standard InChI is InChI=1S/C51H53FN8O7S/c1-57-23-17-35(18-24-57)42-5-2-3-6-43(42)46-7-4-22-59(46)38-11-8-34(9-12-38)36-10-14-44(48(28-36)67-40-27-37-16-21-53-49(37)54-30-40)50(61)56-68(64,65)41-13-15-45(47(29-41)60(62)63)55-33-51(52)19-25-58(26-20-51)39-31-66-32-39/h2-3,5-6,8-17,21,27-30,39,46,55H,4,7,18-20,22-26,31-33H2,1H3,(H,53,54)(H,56,61)/t46-/m1/s1. The number of halogens is 1. The second-order valence-electron chi connectivity index (χ2n) is 18.2. The highest BCUT2D eigenvalue weighted by Crippen LogP contribution is 2.41. The summed E-state index contributed by atoms with van der Waals surface area (Å²) in [4.78, 5) is 39.5. The first-order chi connectivity index (χ1) is 32.9. The van der Waals surface area contributed by atoms with Gasteiger partial charge in [-0.1, -0.05) is 48.5 Å². The normalized spacial score (nSPS) is 19.1. The van der Waals surface area contributed by atoms with E-state index >= 15 is 4.39 Å². The molecule has 352 valence electrons. The molecule has 17 heteroatoms. The molecule has 0 bridgehead atoms. The Balaban J connectivity index is 0.883. The van der Waals surface area contributed by atoms with Crippen molar-refractivity contribution < 1.29 is 32.0 Å². The van der Waals surface area contributed by atoms with Crippen molar-refractivity contribution in [3.05, 3.63) is 142 Å². The van der Waals surface area contributed by atoms with Crippen molar-refractivity contribution in [3.63, 3.8) is 0 Å². The number of aromatic amines is 1. The molecule has 3 saturated heterocycles. The van der Waals surface area contributed by atoms with E-state index in [9.17, 15) is 23.3 Å². The molecule has 3 N–H and O–H groups in total. The average molecular weight is 941 g/mol. The molecule has 0 aliphatic carbocycles. The lowest BCUT2D eigenvalue weighted by molar-refractivity contribution is -0.384. The first-order valence-electron chi connectivity index (χ1n) is 23.1. The molecule has 10 rings (SSSR count). The van der Waals surface area contributed by atoms with Crippen molar-refractivity contribution in [1.29, 1.82) is 0 Å². The zero-order chi connectivity index (χ0) is 47.0. The van der Waals surface area contributed by atoms with Crippen LogP contribution in [0, 0.1) is 10.1 Å². The monoisotopic (exact) mass is 940 g/mol. The minimum Gasteiger partial charge on any atom is -0.455 e. The van der Waals surface area contributed by atoms with Crippen LogP contribution >= 0.6 is 0 Å². The number of sulfonamides is 1. The van der Waals surface area contributed by atoms with Crippen molar-refractivity contribution in [2.24, 2.45) is 0 Å². The van der Waals surface area contributed by atoms with Crippen LogP contribution in [-0.2, 0) is 14.8 Å². The Morgan fingerprint density at radius 3 is 2.53 bits per heavy atom. The molecule has 6 heterocycles. The fraction of sp³-hybridized carbons (Fsp3) is 0.333. The Morgan fingerprint density at radius 1 is 0.985 bits per heavy atom. The number of likely N-dealkylation sites (N-methyl/N-ethyl adjacent to an activating group) is 1. The number of benzene rings is 4. The summed E-state index contributed by atoms with van der Waals surface area (Å²) in [5.41, 5.74) is 5.05. The van der Waals surface area contributed by atoms with Crippen LogP contribution < -0.4 is 19.7 Å². The summed E-state index contributed by atoms with van der Waals surface area (Å²) in [6, 6.07) is 29.2. The summed E-state index contributed by atoms with van der Waals surface area (Å²) in [5.74, 6) is -0.643. The molecule has 1 atom stereocenters. The number of rotatable bonds is 14. The van der Waals surface area contributed by atoms with E-state index in [0.29, 0.717) is 49.3 Å². The van der Waals surface area contributed by atoms with Crippen LogP contribution in [0.5, 0.6) is 11.5 Å². The van der Waals surface area contributed by atoms with Gasteiger partial charge in [0.15, 0.2) is 0 Å². The molecule has 0 radical (unpaired) electrons. The fourth-order valence-corrected chi connectivity index (χ4v) is 10.8. The summed E-state index contributed by atoms with van der Waals surface area (Å²) >= 11 is 0. The van der Waals surface area contributed by atoms with Crippen LogP contribution in [0.15, 0.2) is 120 Å². The van der Waals surface area contributed by atoms with E-state index in [4.69, 9.17) is 9.47 Å². The molecule has 0 saturated carbocycles. The Morgan fingerprint density at radius 2 is 1.78 bits per heavy atom. The molecule has 15 nitrogen and oxygen atoms in total. The number of piperidine rings is 1. The largest absolute Gasteiger partial charge is 0.455 e. The molecule has 0 unspecified atom stereocenters. The maximum absolute atomic E-state index is 15.8. The highest BCUT2D eigenvalue weighted by molar-refractivity contribution is 7.90. The first kappa shape index (κ1) is 45.1. The zero-order valence-electron chi connectivity index (χ0n) is 37.7. The first-order valence-corrected chi connectivity index (χ1v) is 24.6. The van der Waals surface area contributed by atoms with Crippen molar-refractivity contribution in [2.45, 2.75) is 54.8 Å². The van der Waals surface area contributed by atoms with Crippen LogP contribution in [0.1, 0.15) is 59.6 Å². The lowest BCUT2D eigenvalue weighted by Gasteiger charge is -2.43. The summed E-state index contributed by atoms with van der Waals surface area (Å²) in [6.45, 7) is 5.06. The molecule has 4 aliphatic rings. The summed E-state index contributed by atoms with van der Waals surface area (Å²) < 4.78 is 57.1. The maximum Gasteiger partial charge on any atom is 0.293 e. The van der Waals surface area contributed by atoms with Crippen molar-refractivity contribution in [3.8, 4) is 22.6 Å². The molecule has 2 aromatic heterocycles. The second-order valence-corrected chi connectivity index (χ2v) is 19.9. The van der Waals surface area contributed by atoms with Crippen molar-refractivity contribution in [2.75, 3.05) is 69.7 Å². The van der Waals surface area contributed by atoms with Gasteiger partial charge in [-0.15, -0.1) is 0 Å². The number of carbonyl (C=O) groups is 1. The lowest BCUT2D eigenvalue weighted by atomic mass is 9.90. The number of H-pyrrole nitrogens is 1. The molecular weight excluding hydrogens is 888 g/mol. The number of anilines is 2. The molecule has 6 aromatic rings. The number of hydrogen-bond donors (Lipinski definition) is 3. The van der Waals surface area contributed by atoms with Gasteiger partial charge in [-0.2, -0.15) is 0 Å². The van der Waals surface area contributed by atoms with Crippen LogP contribution in [0.25, 0.3) is 27.7 Å². The zero-order valence-corrected chi connectivity index (χ0v) is 38.5. The highest BCUT2D eigenvalue weighted by atomic mass is 32.2. The smallest absolute Gasteiger partial charge is 0.293 e. The predicted octanol–water partition coefficient (Wildman–Crippen LogP) is 8.72. The molecule has 4 aliphatic heterocycles. The van der Waals surface area contributed by atoms with Gasteiger partial charge in [0.05, 0.1) is 46.9 Å². The average Bonchev–Trinajstić information content (AvgIpc) is 4.02. The molecule has 0 spiro atoms. The number of nitrogens with zero attached hydrogens (tertiary/aromatic N) is 5. The number of ether oxygens (including phenoxy) is 2. The predicted molar refractivity (Wildman–Crippen MR) is 259 cm³/mol. The number of alkyl halides is 1. The quantitative estimate of drug-likeness (QED) is 0.0701. The second kappa shape index (κ2) is 18.8. The van der Waals surface area contributed by atoms with Gasteiger partial charge in [0.25, 0.3) is 21.6 Å². The van der Waals surface area contributed by atoms with Gasteiger partial charge >= 0.3 is 0 Å². The van der Waals surface area contributed by atoms with Crippen LogP contribution in [0.2, 0.25) is 0 Å². The van der Waals surface area contributed by atoms with E-state index in [-0.39, 0.29) is 42.4 Å². The van der Waals surface area contributed by atoms with Gasteiger partial charge in [-0.25, -0.2) is 22.5 Å². The molecule has 1 amide bonds. The number of amides is 1. The fourth-order valence-electron chi connectivity index (χ4n) is 9.79. The van der Waals surface area contributed by atoms with Crippen molar-refractivity contribution in [1.82, 2.24) is 24.5 Å². The summed E-state index contributed by atoms with van der Waals surface area (Å²) in [7, 11) is -2.52. The Labute approximate surface area is 394 Å². The molecule has 68 heavy (non-hydrogen) atoms. The third kappa shape index (κ3) is 9.43. The third-order valence-corrected chi connectivity index (χ3v) is 15.2. The Bertz CT molecular complexity index is 3010. The Kier molecular flexibility index (Phi) is 12.5. The number of nitrogens with one attached hydrogen (secondary N) is 3. The van der Waals surface area contributed by atoms with Gasteiger partial charge in [0.2, 0.25) is 0 Å². The van der Waals surface area contributed by atoms with Gasteiger partial charge in [-0.3, -0.25) is 19.8 Å². The van der Waals surface area contributed by atoms with E-state index in [1.165, 1.54) is 35.0 Å². The number of carbonyl (C=O) groups excluding carboxylic acids is 1. The lowest BCUT2D eigenvalue weighted by Crippen LogP contribution is -2.55. The topological polar surface area (TPSA) is 175 Å². The van der Waals surface area contributed by atoms with Gasteiger partial charge < -0.3 is 29.6 Å². The van der Waals surface area contributed by atoms with E-state index in [1.54, 1.807) is 24.4 Å². The maximum atomic E-state index is 15.8. The van der Waals surface area contributed by atoms with Crippen LogP contribution in [0.4, 0.5) is 21.5 Å².